The van der Waals surface area contributed by atoms with Gasteiger partial charge in [-0.3, -0.25) is 25.7 Å². The molecule has 106 valence electrons. The molecule has 0 bridgehead atoms. The molecule has 1 aromatic carbocycles. The van der Waals surface area contributed by atoms with Crippen LogP contribution in [0.2, 0.25) is 0 Å². The van der Waals surface area contributed by atoms with Crippen molar-refractivity contribution in [3.63, 3.8) is 0 Å². The van der Waals surface area contributed by atoms with E-state index in [1.165, 1.54) is 18.3 Å². The maximum atomic E-state index is 10.9. The highest BCUT2D eigenvalue weighted by Gasteiger charge is 2.18. The largest absolute Gasteiger partial charge is 0.301 e. The Morgan fingerprint density at radius 1 is 1.20 bits per heavy atom. The molecule has 0 aliphatic carbocycles. The van der Waals surface area contributed by atoms with E-state index < -0.39 is 15.5 Å². The van der Waals surface area contributed by atoms with E-state index in [9.17, 15) is 20.2 Å². The summed E-state index contributed by atoms with van der Waals surface area (Å²) in [6, 6.07) is 3.33. The lowest BCUT2D eigenvalue weighted by Gasteiger charge is -2.02. The molecule has 1 aromatic rings. The maximum absolute atomic E-state index is 10.9. The SMILES string of the molecule is CC(C)=C(C)/C=N\Nc1ccc([N+](=O)[O-])cc1[N+](=O)[O-]. The first-order valence-corrected chi connectivity index (χ1v) is 5.69. The smallest absolute Gasteiger partial charge is 0.272 e. The van der Waals surface area contributed by atoms with Crippen molar-refractivity contribution in [3.8, 4) is 0 Å². The van der Waals surface area contributed by atoms with Crippen molar-refractivity contribution in [3.05, 3.63) is 49.6 Å². The van der Waals surface area contributed by atoms with Crippen LogP contribution in [0.25, 0.3) is 0 Å². The Morgan fingerprint density at radius 2 is 1.85 bits per heavy atom. The van der Waals surface area contributed by atoms with Crippen molar-refractivity contribution in [2.45, 2.75) is 20.8 Å². The molecule has 0 aliphatic rings. The second-order valence-corrected chi connectivity index (χ2v) is 4.27. The van der Waals surface area contributed by atoms with Crippen molar-refractivity contribution < 1.29 is 9.85 Å². The lowest BCUT2D eigenvalue weighted by molar-refractivity contribution is -0.393. The van der Waals surface area contributed by atoms with Crippen molar-refractivity contribution in [1.82, 2.24) is 0 Å². The number of allylic oxidation sites excluding steroid dienone is 2. The summed E-state index contributed by atoms with van der Waals surface area (Å²) >= 11 is 0. The van der Waals surface area contributed by atoms with Crippen LogP contribution in [0.1, 0.15) is 20.8 Å². The van der Waals surface area contributed by atoms with Gasteiger partial charge in [0.05, 0.1) is 22.1 Å². The van der Waals surface area contributed by atoms with Crippen LogP contribution in [0, 0.1) is 20.2 Å². The Kier molecular flexibility index (Phi) is 4.90. The molecule has 20 heavy (non-hydrogen) atoms. The number of hydrazone groups is 1. The van der Waals surface area contributed by atoms with Crippen LogP contribution < -0.4 is 5.43 Å². The molecule has 0 atom stereocenters. The molecule has 1 N–H and O–H groups in total. The number of nitrogens with one attached hydrogen (secondary N) is 1. The van der Waals surface area contributed by atoms with Crippen LogP contribution in [0.5, 0.6) is 0 Å². The topological polar surface area (TPSA) is 111 Å². The fraction of sp³-hybridized carbons (Fsp3) is 0.250. The summed E-state index contributed by atoms with van der Waals surface area (Å²) in [6.45, 7) is 5.68. The number of hydrogen-bond donors (Lipinski definition) is 1. The van der Waals surface area contributed by atoms with E-state index in [0.717, 1.165) is 17.2 Å². The summed E-state index contributed by atoms with van der Waals surface area (Å²) in [6.07, 6.45) is 1.53. The molecule has 1 rings (SSSR count). The molecular formula is C12H14N4O4. The van der Waals surface area contributed by atoms with Gasteiger partial charge in [0.1, 0.15) is 5.69 Å². The van der Waals surface area contributed by atoms with Gasteiger partial charge in [-0.05, 0) is 32.4 Å². The second kappa shape index (κ2) is 6.41. The van der Waals surface area contributed by atoms with Gasteiger partial charge in [-0.1, -0.05) is 5.57 Å². The number of anilines is 1. The highest BCUT2D eigenvalue weighted by molar-refractivity contribution is 5.79. The zero-order chi connectivity index (χ0) is 15.3. The standard InChI is InChI=1S/C12H14N4O4/c1-8(2)9(3)7-13-14-11-5-4-10(15(17)18)6-12(11)16(19)20/h4-7,14H,1-3H3/b13-7-. The third-order valence-corrected chi connectivity index (χ3v) is 2.62. The van der Waals surface area contributed by atoms with Crippen molar-refractivity contribution in [1.29, 1.82) is 0 Å². The van der Waals surface area contributed by atoms with Gasteiger partial charge >= 0.3 is 5.69 Å². The number of nitrogens with zero attached hydrogens (tertiary/aromatic N) is 3. The van der Waals surface area contributed by atoms with Crippen LogP contribution in [0.15, 0.2) is 34.4 Å². The summed E-state index contributed by atoms with van der Waals surface area (Å²) < 4.78 is 0. The zero-order valence-electron chi connectivity index (χ0n) is 11.3. The van der Waals surface area contributed by atoms with Crippen LogP contribution in [0.3, 0.4) is 0 Å². The molecule has 0 aliphatic heterocycles. The zero-order valence-corrected chi connectivity index (χ0v) is 11.3. The van der Waals surface area contributed by atoms with Gasteiger partial charge in [-0.25, -0.2) is 0 Å². The van der Waals surface area contributed by atoms with Gasteiger partial charge in [0.25, 0.3) is 5.69 Å². The highest BCUT2D eigenvalue weighted by atomic mass is 16.6. The lowest BCUT2D eigenvalue weighted by atomic mass is 10.2. The molecular weight excluding hydrogens is 264 g/mol. The molecule has 8 nitrogen and oxygen atoms in total. The van der Waals surface area contributed by atoms with Gasteiger partial charge < -0.3 is 0 Å². The second-order valence-electron chi connectivity index (χ2n) is 4.27. The normalized spacial score (nSPS) is 10.3. The fourth-order valence-electron chi connectivity index (χ4n) is 1.21. The fourth-order valence-corrected chi connectivity index (χ4v) is 1.21. The Labute approximate surface area is 115 Å². The van der Waals surface area contributed by atoms with Crippen LogP contribution >= 0.6 is 0 Å². The van der Waals surface area contributed by atoms with E-state index in [-0.39, 0.29) is 11.4 Å². The van der Waals surface area contributed by atoms with E-state index in [2.05, 4.69) is 10.5 Å². The summed E-state index contributed by atoms with van der Waals surface area (Å²) in [7, 11) is 0. The molecule has 0 fully saturated rings. The average Bonchev–Trinajstić information content (AvgIpc) is 2.38. The van der Waals surface area contributed by atoms with E-state index in [4.69, 9.17) is 0 Å². The van der Waals surface area contributed by atoms with E-state index in [1.807, 2.05) is 20.8 Å². The summed E-state index contributed by atoms with van der Waals surface area (Å²) in [4.78, 5) is 20.1. The quantitative estimate of drug-likeness (QED) is 0.504. The number of non-ortho nitro benzene ring substituents is 1. The Bertz CT molecular complexity index is 603. The summed E-state index contributed by atoms with van der Waals surface area (Å²) in [5, 5.41) is 25.3. The van der Waals surface area contributed by atoms with Crippen LogP contribution in [-0.4, -0.2) is 16.1 Å². The number of nitro benzene ring substituents is 2. The third kappa shape index (κ3) is 3.87. The third-order valence-electron chi connectivity index (χ3n) is 2.62. The molecule has 0 unspecified atom stereocenters. The predicted molar refractivity (Wildman–Crippen MR) is 75.9 cm³/mol. The molecule has 0 saturated heterocycles. The number of hydrogen-bond acceptors (Lipinski definition) is 6. The van der Waals surface area contributed by atoms with E-state index in [0.29, 0.717) is 0 Å². The maximum Gasteiger partial charge on any atom is 0.301 e. The summed E-state index contributed by atoms with van der Waals surface area (Å²) in [5.74, 6) is 0. The highest BCUT2D eigenvalue weighted by Crippen LogP contribution is 2.28. The molecule has 0 aromatic heterocycles. The minimum Gasteiger partial charge on any atom is -0.272 e. The minimum absolute atomic E-state index is 0.0957. The van der Waals surface area contributed by atoms with E-state index in [1.54, 1.807) is 0 Å². The molecule has 8 heteroatoms. The number of rotatable bonds is 5. The number of benzene rings is 1. The molecule has 0 heterocycles. The molecule has 0 saturated carbocycles. The first-order chi connectivity index (χ1) is 9.32. The summed E-state index contributed by atoms with van der Waals surface area (Å²) in [5.41, 5.74) is 3.86. The number of nitro groups is 2. The Hall–Kier alpha value is -2.77. The first kappa shape index (κ1) is 15.3. The van der Waals surface area contributed by atoms with Crippen LogP contribution in [-0.2, 0) is 0 Å². The average molecular weight is 278 g/mol. The first-order valence-electron chi connectivity index (χ1n) is 5.69. The minimum atomic E-state index is -0.696. The van der Waals surface area contributed by atoms with Gasteiger partial charge in [-0.2, -0.15) is 5.10 Å². The van der Waals surface area contributed by atoms with Gasteiger partial charge in [0.15, 0.2) is 0 Å². The molecule has 0 amide bonds. The Balaban J connectivity index is 3.04. The molecule has 0 spiro atoms. The lowest BCUT2D eigenvalue weighted by Crippen LogP contribution is -1.98. The predicted octanol–water partition coefficient (Wildman–Crippen LogP) is 3.26. The van der Waals surface area contributed by atoms with Gasteiger partial charge in [0.2, 0.25) is 0 Å². The van der Waals surface area contributed by atoms with Gasteiger partial charge in [-0.15, -0.1) is 0 Å². The van der Waals surface area contributed by atoms with E-state index >= 15 is 0 Å². The van der Waals surface area contributed by atoms with Crippen molar-refractivity contribution in [2.75, 3.05) is 5.43 Å². The Morgan fingerprint density at radius 3 is 2.35 bits per heavy atom. The van der Waals surface area contributed by atoms with Crippen molar-refractivity contribution >= 4 is 23.3 Å². The van der Waals surface area contributed by atoms with Crippen LogP contribution in [0.4, 0.5) is 17.1 Å². The molecule has 0 radical (unpaired) electrons. The monoisotopic (exact) mass is 278 g/mol. The van der Waals surface area contributed by atoms with Crippen molar-refractivity contribution in [2.24, 2.45) is 5.10 Å². The van der Waals surface area contributed by atoms with Gasteiger partial charge in [0, 0.05) is 6.07 Å².